The minimum absolute atomic E-state index is 0.0256. The minimum atomic E-state index is -0.892. The van der Waals surface area contributed by atoms with Gasteiger partial charge >= 0.3 is 5.97 Å². The highest BCUT2D eigenvalue weighted by molar-refractivity contribution is 8.00. The molecular formula is C13H24N2O3S. The van der Waals surface area contributed by atoms with Crippen molar-refractivity contribution in [3.8, 4) is 0 Å². The summed E-state index contributed by atoms with van der Waals surface area (Å²) in [6.07, 6.45) is 2.18. The normalized spacial score (nSPS) is 23.1. The van der Waals surface area contributed by atoms with Gasteiger partial charge in [-0.25, -0.2) is 4.79 Å². The summed E-state index contributed by atoms with van der Waals surface area (Å²) in [5.74, 6) is -0.441. The van der Waals surface area contributed by atoms with Gasteiger partial charge in [-0.05, 0) is 6.42 Å². The van der Waals surface area contributed by atoms with Gasteiger partial charge < -0.3 is 15.3 Å². The van der Waals surface area contributed by atoms with Crippen LogP contribution in [0.2, 0.25) is 0 Å². The molecule has 0 aliphatic carbocycles. The summed E-state index contributed by atoms with van der Waals surface area (Å²) in [4.78, 5) is 25.0. The Balaban J connectivity index is 2.61. The molecule has 2 unspecified atom stereocenters. The monoisotopic (exact) mass is 288 g/mol. The van der Waals surface area contributed by atoms with Crippen molar-refractivity contribution in [1.82, 2.24) is 10.2 Å². The van der Waals surface area contributed by atoms with E-state index in [-0.39, 0.29) is 11.3 Å². The van der Waals surface area contributed by atoms with Crippen molar-refractivity contribution in [1.29, 1.82) is 0 Å². The second-order valence-electron chi connectivity index (χ2n) is 5.09. The average Bonchev–Trinajstić information content (AvgIpc) is 2.72. The number of carbonyl (C=O) groups is 2. The van der Waals surface area contributed by atoms with Gasteiger partial charge in [-0.2, -0.15) is 0 Å². The molecule has 0 aromatic rings. The molecule has 0 aromatic heterocycles. The fourth-order valence-electron chi connectivity index (χ4n) is 2.15. The molecule has 1 fully saturated rings. The summed E-state index contributed by atoms with van der Waals surface area (Å²) >= 11 is 1.58. The first-order valence-electron chi connectivity index (χ1n) is 6.86. The molecule has 0 saturated carbocycles. The van der Waals surface area contributed by atoms with E-state index in [2.05, 4.69) is 12.2 Å². The molecule has 19 heavy (non-hydrogen) atoms. The van der Waals surface area contributed by atoms with Crippen LogP contribution in [0, 0.1) is 0 Å². The molecule has 2 atom stereocenters. The molecule has 1 aliphatic heterocycles. The third-order valence-corrected chi connectivity index (χ3v) is 4.45. The minimum Gasteiger partial charge on any atom is -0.480 e. The first-order chi connectivity index (χ1) is 8.97. The van der Waals surface area contributed by atoms with Crippen LogP contribution >= 0.6 is 11.8 Å². The standard InChI is InChI=1S/C13H24N2O3S/c1-4-5-12-15(10(8-19-12)13(17)18)11(16)6-7-14-9(2)3/h9-10,12,14H,4-8H2,1-3H3,(H,17,18). The molecule has 0 radical (unpaired) electrons. The van der Waals surface area contributed by atoms with Gasteiger partial charge in [0, 0.05) is 24.8 Å². The largest absolute Gasteiger partial charge is 0.480 e. The molecule has 1 heterocycles. The van der Waals surface area contributed by atoms with Crippen LogP contribution in [0.5, 0.6) is 0 Å². The van der Waals surface area contributed by atoms with Gasteiger partial charge in [-0.3, -0.25) is 4.79 Å². The van der Waals surface area contributed by atoms with Crippen molar-refractivity contribution in [3.05, 3.63) is 0 Å². The van der Waals surface area contributed by atoms with Gasteiger partial charge in [0.15, 0.2) is 0 Å². The van der Waals surface area contributed by atoms with E-state index >= 15 is 0 Å². The topological polar surface area (TPSA) is 69.6 Å². The Morgan fingerprint density at radius 3 is 2.68 bits per heavy atom. The number of carbonyl (C=O) groups excluding carboxylic acids is 1. The molecule has 110 valence electrons. The van der Waals surface area contributed by atoms with Crippen molar-refractivity contribution >= 4 is 23.6 Å². The van der Waals surface area contributed by atoms with Crippen molar-refractivity contribution < 1.29 is 14.7 Å². The van der Waals surface area contributed by atoms with Gasteiger partial charge in [-0.15, -0.1) is 11.8 Å². The van der Waals surface area contributed by atoms with Crippen LogP contribution in [0.25, 0.3) is 0 Å². The molecule has 1 saturated heterocycles. The number of carboxylic acids is 1. The lowest BCUT2D eigenvalue weighted by Gasteiger charge is -2.27. The lowest BCUT2D eigenvalue weighted by atomic mass is 10.2. The zero-order valence-corrected chi connectivity index (χ0v) is 12.7. The smallest absolute Gasteiger partial charge is 0.327 e. The quantitative estimate of drug-likeness (QED) is 0.743. The number of aliphatic carboxylic acids is 1. The second kappa shape index (κ2) is 7.75. The Hall–Kier alpha value is -0.750. The maximum atomic E-state index is 12.2. The summed E-state index contributed by atoms with van der Waals surface area (Å²) in [6, 6.07) is -0.324. The summed E-state index contributed by atoms with van der Waals surface area (Å²) in [5, 5.41) is 12.4. The number of carboxylic acid groups (broad SMARTS) is 1. The lowest BCUT2D eigenvalue weighted by molar-refractivity contribution is -0.149. The number of hydrogen-bond acceptors (Lipinski definition) is 4. The third-order valence-electron chi connectivity index (χ3n) is 3.09. The maximum Gasteiger partial charge on any atom is 0.327 e. The molecule has 6 heteroatoms. The second-order valence-corrected chi connectivity index (χ2v) is 6.30. The van der Waals surface area contributed by atoms with Crippen LogP contribution in [-0.4, -0.2) is 51.6 Å². The predicted octanol–water partition coefficient (Wildman–Crippen LogP) is 1.53. The van der Waals surface area contributed by atoms with Crippen molar-refractivity contribution in [2.24, 2.45) is 0 Å². The van der Waals surface area contributed by atoms with Crippen LogP contribution < -0.4 is 5.32 Å². The molecule has 1 amide bonds. The van der Waals surface area contributed by atoms with E-state index in [1.54, 1.807) is 16.7 Å². The van der Waals surface area contributed by atoms with E-state index in [1.807, 2.05) is 13.8 Å². The third kappa shape index (κ3) is 4.69. The predicted molar refractivity (Wildman–Crippen MR) is 77.2 cm³/mol. The van der Waals surface area contributed by atoms with Crippen LogP contribution in [0.4, 0.5) is 0 Å². The highest BCUT2D eigenvalue weighted by Crippen LogP contribution is 2.32. The Labute approximate surface area is 119 Å². The molecular weight excluding hydrogens is 264 g/mol. The molecule has 1 rings (SSSR count). The molecule has 5 nitrogen and oxygen atoms in total. The van der Waals surface area contributed by atoms with Crippen molar-refractivity contribution in [2.45, 2.75) is 57.5 Å². The Kier molecular flexibility index (Phi) is 6.65. The summed E-state index contributed by atoms with van der Waals surface area (Å²) in [6.45, 7) is 6.70. The van der Waals surface area contributed by atoms with Gasteiger partial charge in [0.25, 0.3) is 0 Å². The van der Waals surface area contributed by atoms with E-state index < -0.39 is 12.0 Å². The lowest BCUT2D eigenvalue weighted by Crippen LogP contribution is -2.46. The zero-order chi connectivity index (χ0) is 14.4. The molecule has 0 aromatic carbocycles. The SMILES string of the molecule is CCCC1SCC(C(=O)O)N1C(=O)CCNC(C)C. The van der Waals surface area contributed by atoms with Gasteiger partial charge in [-0.1, -0.05) is 27.2 Å². The summed E-state index contributed by atoms with van der Waals surface area (Å²) in [7, 11) is 0. The number of nitrogens with zero attached hydrogens (tertiary/aromatic N) is 1. The number of amides is 1. The van der Waals surface area contributed by atoms with E-state index in [9.17, 15) is 14.7 Å². The van der Waals surface area contributed by atoms with Crippen molar-refractivity contribution in [2.75, 3.05) is 12.3 Å². The average molecular weight is 288 g/mol. The number of thioether (sulfide) groups is 1. The molecule has 1 aliphatic rings. The molecule has 2 N–H and O–H groups in total. The summed E-state index contributed by atoms with van der Waals surface area (Å²) < 4.78 is 0. The van der Waals surface area contributed by atoms with E-state index in [4.69, 9.17) is 0 Å². The number of nitrogens with one attached hydrogen (secondary N) is 1. The van der Waals surface area contributed by atoms with Crippen molar-refractivity contribution in [3.63, 3.8) is 0 Å². The maximum absolute atomic E-state index is 12.2. The first kappa shape index (κ1) is 16.3. The molecule has 0 bridgehead atoms. The van der Waals surface area contributed by atoms with E-state index in [1.165, 1.54) is 0 Å². The fourth-order valence-corrected chi connectivity index (χ4v) is 3.69. The van der Waals surface area contributed by atoms with Gasteiger partial charge in [0.2, 0.25) is 5.91 Å². The van der Waals surface area contributed by atoms with Crippen LogP contribution in [-0.2, 0) is 9.59 Å². The van der Waals surface area contributed by atoms with Gasteiger partial charge in [0.05, 0.1) is 5.37 Å². The highest BCUT2D eigenvalue weighted by Gasteiger charge is 2.40. The fraction of sp³-hybridized carbons (Fsp3) is 0.846. The van der Waals surface area contributed by atoms with Gasteiger partial charge in [0.1, 0.15) is 6.04 Å². The summed E-state index contributed by atoms with van der Waals surface area (Å²) in [5.41, 5.74) is 0. The Morgan fingerprint density at radius 1 is 1.47 bits per heavy atom. The molecule has 0 spiro atoms. The van der Waals surface area contributed by atoms with Crippen LogP contribution in [0.3, 0.4) is 0 Å². The zero-order valence-electron chi connectivity index (χ0n) is 11.9. The van der Waals surface area contributed by atoms with E-state index in [0.29, 0.717) is 24.8 Å². The number of hydrogen-bond donors (Lipinski definition) is 2. The Bertz CT molecular complexity index is 323. The van der Waals surface area contributed by atoms with Crippen LogP contribution in [0.1, 0.15) is 40.0 Å². The van der Waals surface area contributed by atoms with E-state index in [0.717, 1.165) is 12.8 Å². The first-order valence-corrected chi connectivity index (χ1v) is 7.91. The number of rotatable bonds is 7. The van der Waals surface area contributed by atoms with Crippen LogP contribution in [0.15, 0.2) is 0 Å². The highest BCUT2D eigenvalue weighted by atomic mass is 32.2. The Morgan fingerprint density at radius 2 is 2.16 bits per heavy atom.